The standard InChI is InChI=1S/C16H23N3/c1-4-12-5-7-13(8-6-12)15-14(9-10-17)18-16(19-15)11(2)3/h5-8,11H,4,9-10,17H2,1-3H3,(H,18,19). The number of nitrogens with zero attached hydrogens (tertiary/aromatic N) is 1. The Bertz CT molecular complexity index is 523. The van der Waals surface area contributed by atoms with Crippen LogP contribution in [0.4, 0.5) is 0 Å². The van der Waals surface area contributed by atoms with Crippen LogP contribution in [0, 0.1) is 0 Å². The predicted molar refractivity (Wildman–Crippen MR) is 80.2 cm³/mol. The Morgan fingerprint density at radius 1 is 1.21 bits per heavy atom. The molecule has 0 radical (unpaired) electrons. The second kappa shape index (κ2) is 6.02. The zero-order chi connectivity index (χ0) is 13.8. The second-order valence-electron chi connectivity index (χ2n) is 5.19. The third-order valence-corrected chi connectivity index (χ3v) is 3.37. The number of nitrogens with two attached hydrogens (primary N) is 1. The number of hydrogen-bond acceptors (Lipinski definition) is 2. The maximum atomic E-state index is 5.69. The number of aryl methyl sites for hydroxylation is 1. The van der Waals surface area contributed by atoms with Crippen molar-refractivity contribution in [1.29, 1.82) is 0 Å². The van der Waals surface area contributed by atoms with E-state index in [2.05, 4.69) is 50.0 Å². The van der Waals surface area contributed by atoms with Gasteiger partial charge in [-0.25, -0.2) is 4.98 Å². The monoisotopic (exact) mass is 257 g/mol. The maximum absolute atomic E-state index is 5.69. The molecule has 3 N–H and O–H groups in total. The summed E-state index contributed by atoms with van der Waals surface area (Å²) >= 11 is 0. The number of nitrogens with one attached hydrogen (secondary N) is 1. The van der Waals surface area contributed by atoms with Crippen molar-refractivity contribution in [2.45, 2.75) is 39.5 Å². The minimum absolute atomic E-state index is 0.403. The Balaban J connectivity index is 2.40. The van der Waals surface area contributed by atoms with E-state index in [4.69, 9.17) is 10.7 Å². The van der Waals surface area contributed by atoms with Gasteiger partial charge < -0.3 is 10.7 Å². The van der Waals surface area contributed by atoms with Gasteiger partial charge in [0.15, 0.2) is 0 Å². The SMILES string of the molecule is CCc1ccc(-c2nc(C(C)C)[nH]c2CCN)cc1. The van der Waals surface area contributed by atoms with Crippen molar-refractivity contribution in [2.24, 2.45) is 5.73 Å². The zero-order valence-electron chi connectivity index (χ0n) is 12.0. The number of imidazole rings is 1. The van der Waals surface area contributed by atoms with Gasteiger partial charge in [-0.1, -0.05) is 45.0 Å². The first kappa shape index (κ1) is 13.8. The van der Waals surface area contributed by atoms with Crippen LogP contribution in [0.5, 0.6) is 0 Å². The third kappa shape index (κ3) is 3.04. The van der Waals surface area contributed by atoms with Gasteiger partial charge in [0.1, 0.15) is 5.82 Å². The van der Waals surface area contributed by atoms with Crippen LogP contribution >= 0.6 is 0 Å². The fourth-order valence-electron chi connectivity index (χ4n) is 2.17. The lowest BCUT2D eigenvalue weighted by Crippen LogP contribution is -2.04. The van der Waals surface area contributed by atoms with Gasteiger partial charge in [0.25, 0.3) is 0 Å². The molecule has 0 aliphatic carbocycles. The highest BCUT2D eigenvalue weighted by molar-refractivity contribution is 5.62. The molecule has 2 rings (SSSR count). The van der Waals surface area contributed by atoms with E-state index in [1.165, 1.54) is 11.1 Å². The quantitative estimate of drug-likeness (QED) is 0.863. The fourth-order valence-corrected chi connectivity index (χ4v) is 2.17. The lowest BCUT2D eigenvalue weighted by Gasteiger charge is -2.03. The Labute approximate surface area is 115 Å². The first-order chi connectivity index (χ1) is 9.15. The molecule has 2 aromatic rings. The molecule has 1 aromatic heterocycles. The molecule has 19 heavy (non-hydrogen) atoms. The molecule has 1 aromatic carbocycles. The van der Waals surface area contributed by atoms with Crippen LogP contribution in [0.3, 0.4) is 0 Å². The number of aromatic amines is 1. The predicted octanol–water partition coefficient (Wildman–Crippen LogP) is 3.26. The summed E-state index contributed by atoms with van der Waals surface area (Å²) in [6, 6.07) is 8.65. The number of aromatic nitrogens is 2. The van der Waals surface area contributed by atoms with E-state index in [1.807, 2.05) is 0 Å². The number of hydrogen-bond donors (Lipinski definition) is 2. The molecule has 0 aliphatic heterocycles. The smallest absolute Gasteiger partial charge is 0.109 e. The fraction of sp³-hybridized carbons (Fsp3) is 0.438. The highest BCUT2D eigenvalue weighted by atomic mass is 14.9. The Hall–Kier alpha value is -1.61. The molecule has 0 saturated carbocycles. The average Bonchev–Trinajstić information content (AvgIpc) is 2.84. The number of benzene rings is 1. The van der Waals surface area contributed by atoms with Crippen molar-refractivity contribution in [3.63, 3.8) is 0 Å². The van der Waals surface area contributed by atoms with E-state index >= 15 is 0 Å². The minimum atomic E-state index is 0.403. The summed E-state index contributed by atoms with van der Waals surface area (Å²) in [5, 5.41) is 0. The normalized spacial score (nSPS) is 11.2. The molecule has 0 amide bonds. The highest BCUT2D eigenvalue weighted by Crippen LogP contribution is 2.25. The van der Waals surface area contributed by atoms with Crippen molar-refractivity contribution < 1.29 is 0 Å². The summed E-state index contributed by atoms with van der Waals surface area (Å²) < 4.78 is 0. The first-order valence-electron chi connectivity index (χ1n) is 7.03. The largest absolute Gasteiger partial charge is 0.345 e. The lowest BCUT2D eigenvalue weighted by molar-refractivity contribution is 0.786. The highest BCUT2D eigenvalue weighted by Gasteiger charge is 2.13. The molecule has 1 heterocycles. The Kier molecular flexibility index (Phi) is 4.38. The molecule has 0 unspecified atom stereocenters. The van der Waals surface area contributed by atoms with Gasteiger partial charge in [0.05, 0.1) is 5.69 Å². The van der Waals surface area contributed by atoms with Crippen LogP contribution in [-0.4, -0.2) is 16.5 Å². The van der Waals surface area contributed by atoms with Gasteiger partial charge in [-0.05, 0) is 18.5 Å². The molecule has 3 heteroatoms. The molecular formula is C16H23N3. The molecule has 0 bridgehead atoms. The van der Waals surface area contributed by atoms with Crippen LogP contribution in [0.2, 0.25) is 0 Å². The summed E-state index contributed by atoms with van der Waals surface area (Å²) in [5.74, 6) is 1.44. The summed E-state index contributed by atoms with van der Waals surface area (Å²) in [6.45, 7) is 7.10. The van der Waals surface area contributed by atoms with E-state index in [-0.39, 0.29) is 0 Å². The first-order valence-corrected chi connectivity index (χ1v) is 7.03. The van der Waals surface area contributed by atoms with Crippen LogP contribution in [-0.2, 0) is 12.8 Å². The van der Waals surface area contributed by atoms with Crippen LogP contribution in [0.15, 0.2) is 24.3 Å². The summed E-state index contributed by atoms with van der Waals surface area (Å²) in [5.41, 5.74) is 10.4. The molecule has 102 valence electrons. The molecule has 3 nitrogen and oxygen atoms in total. The molecular weight excluding hydrogens is 234 g/mol. The summed E-state index contributed by atoms with van der Waals surface area (Å²) in [7, 11) is 0. The second-order valence-corrected chi connectivity index (χ2v) is 5.19. The average molecular weight is 257 g/mol. The van der Waals surface area contributed by atoms with Gasteiger partial charge in [-0.3, -0.25) is 0 Å². The zero-order valence-corrected chi connectivity index (χ0v) is 12.0. The molecule has 0 fully saturated rings. The van der Waals surface area contributed by atoms with E-state index in [1.54, 1.807) is 0 Å². The molecule has 0 atom stereocenters. The molecule has 0 spiro atoms. The van der Waals surface area contributed by atoms with Crippen molar-refractivity contribution in [3.05, 3.63) is 41.3 Å². The minimum Gasteiger partial charge on any atom is -0.345 e. The van der Waals surface area contributed by atoms with E-state index in [9.17, 15) is 0 Å². The van der Waals surface area contributed by atoms with Gasteiger partial charge in [0, 0.05) is 23.6 Å². The summed E-state index contributed by atoms with van der Waals surface area (Å²) in [4.78, 5) is 8.16. The van der Waals surface area contributed by atoms with Crippen LogP contribution in [0.1, 0.15) is 43.8 Å². The Morgan fingerprint density at radius 3 is 2.42 bits per heavy atom. The third-order valence-electron chi connectivity index (χ3n) is 3.37. The van der Waals surface area contributed by atoms with Crippen molar-refractivity contribution in [1.82, 2.24) is 9.97 Å². The lowest BCUT2D eigenvalue weighted by atomic mass is 10.1. The summed E-state index contributed by atoms with van der Waals surface area (Å²) in [6.07, 6.45) is 1.90. The number of rotatable bonds is 5. The van der Waals surface area contributed by atoms with E-state index in [0.717, 1.165) is 30.1 Å². The van der Waals surface area contributed by atoms with Gasteiger partial charge >= 0.3 is 0 Å². The van der Waals surface area contributed by atoms with Crippen LogP contribution < -0.4 is 5.73 Å². The number of H-pyrrole nitrogens is 1. The maximum Gasteiger partial charge on any atom is 0.109 e. The van der Waals surface area contributed by atoms with Gasteiger partial charge in [-0.15, -0.1) is 0 Å². The molecule has 0 saturated heterocycles. The van der Waals surface area contributed by atoms with Crippen LogP contribution in [0.25, 0.3) is 11.3 Å². The Morgan fingerprint density at radius 2 is 1.89 bits per heavy atom. The molecule has 0 aliphatic rings. The topological polar surface area (TPSA) is 54.7 Å². The van der Waals surface area contributed by atoms with Gasteiger partial charge in [0.2, 0.25) is 0 Å². The van der Waals surface area contributed by atoms with Crippen molar-refractivity contribution in [2.75, 3.05) is 6.54 Å². The van der Waals surface area contributed by atoms with Gasteiger partial charge in [-0.2, -0.15) is 0 Å². The van der Waals surface area contributed by atoms with Crippen molar-refractivity contribution >= 4 is 0 Å². The van der Waals surface area contributed by atoms with E-state index in [0.29, 0.717) is 12.5 Å². The van der Waals surface area contributed by atoms with E-state index < -0.39 is 0 Å². The van der Waals surface area contributed by atoms with Crippen molar-refractivity contribution in [3.8, 4) is 11.3 Å².